The molecule has 0 aromatic carbocycles. The Kier molecular flexibility index (Phi) is 3.24. The number of amides is 1. The Balaban J connectivity index is 2.41. The summed E-state index contributed by atoms with van der Waals surface area (Å²) in [6.07, 6.45) is 1.00. The van der Waals surface area contributed by atoms with Gasteiger partial charge in [-0.2, -0.15) is 0 Å². The predicted molar refractivity (Wildman–Crippen MR) is 48.9 cm³/mol. The molecule has 1 unspecified atom stereocenters. The van der Waals surface area contributed by atoms with Crippen molar-refractivity contribution in [1.82, 2.24) is 4.90 Å². The Hall–Kier alpha value is -0.650. The molecule has 1 fully saturated rings. The molecule has 0 aliphatic carbocycles. The highest BCUT2D eigenvalue weighted by molar-refractivity contribution is 5.75. The third-order valence-corrected chi connectivity index (χ3v) is 2.41. The van der Waals surface area contributed by atoms with Gasteiger partial charge in [-0.25, -0.2) is 0 Å². The van der Waals surface area contributed by atoms with Crippen molar-refractivity contribution in [3.63, 3.8) is 0 Å². The van der Waals surface area contributed by atoms with Gasteiger partial charge in [-0.15, -0.1) is 0 Å². The number of rotatable bonds is 4. The Labute approximate surface area is 77.7 Å². The van der Waals surface area contributed by atoms with Crippen molar-refractivity contribution < 1.29 is 9.90 Å². The SMILES string of the molecule is NC(=O)CC1(N)CCN(CCO)C1. The number of aliphatic hydroxyl groups is 1. The Morgan fingerprint density at radius 3 is 2.85 bits per heavy atom. The monoisotopic (exact) mass is 187 g/mol. The minimum atomic E-state index is -0.471. The van der Waals surface area contributed by atoms with E-state index in [0.717, 1.165) is 13.0 Å². The highest BCUT2D eigenvalue weighted by atomic mass is 16.3. The predicted octanol–water partition coefficient (Wildman–Crippen LogP) is -1.74. The van der Waals surface area contributed by atoms with Crippen LogP contribution in [0.4, 0.5) is 0 Å². The maximum absolute atomic E-state index is 10.7. The Morgan fingerprint density at radius 2 is 2.31 bits per heavy atom. The minimum absolute atomic E-state index is 0.132. The van der Waals surface area contributed by atoms with Gasteiger partial charge in [0.1, 0.15) is 0 Å². The first kappa shape index (κ1) is 10.4. The summed E-state index contributed by atoms with van der Waals surface area (Å²) < 4.78 is 0. The van der Waals surface area contributed by atoms with Gasteiger partial charge in [0.15, 0.2) is 0 Å². The van der Waals surface area contributed by atoms with Gasteiger partial charge in [0, 0.05) is 31.6 Å². The smallest absolute Gasteiger partial charge is 0.219 e. The zero-order chi connectivity index (χ0) is 9.90. The van der Waals surface area contributed by atoms with E-state index in [1.54, 1.807) is 0 Å². The van der Waals surface area contributed by atoms with Crippen LogP contribution in [0.2, 0.25) is 0 Å². The molecule has 0 saturated carbocycles. The van der Waals surface area contributed by atoms with Gasteiger partial charge in [0.25, 0.3) is 0 Å². The second-order valence-corrected chi connectivity index (χ2v) is 3.76. The van der Waals surface area contributed by atoms with E-state index in [9.17, 15) is 4.79 Å². The molecule has 0 spiro atoms. The van der Waals surface area contributed by atoms with E-state index in [1.807, 2.05) is 4.90 Å². The number of β-amino-alcohol motifs (C(OH)–C–C–N with tert-alkyl or cyclic N) is 1. The fourth-order valence-corrected chi connectivity index (χ4v) is 1.81. The zero-order valence-corrected chi connectivity index (χ0v) is 7.70. The van der Waals surface area contributed by atoms with Crippen LogP contribution >= 0.6 is 0 Å². The summed E-state index contributed by atoms with van der Waals surface area (Å²) in [6.45, 7) is 2.24. The molecular weight excluding hydrogens is 170 g/mol. The molecule has 1 aliphatic heterocycles. The third-order valence-electron chi connectivity index (χ3n) is 2.41. The van der Waals surface area contributed by atoms with Crippen molar-refractivity contribution in [1.29, 1.82) is 0 Å². The molecule has 5 N–H and O–H groups in total. The summed E-state index contributed by atoms with van der Waals surface area (Å²) >= 11 is 0. The second-order valence-electron chi connectivity index (χ2n) is 3.76. The first-order chi connectivity index (χ1) is 6.06. The van der Waals surface area contributed by atoms with E-state index < -0.39 is 5.54 Å². The quantitative estimate of drug-likeness (QED) is 0.487. The standard InChI is InChI=1S/C8H17N3O2/c9-7(13)5-8(10)1-2-11(6-8)3-4-12/h12H,1-6,10H2,(H2,9,13). The summed E-state index contributed by atoms with van der Waals surface area (Å²) in [4.78, 5) is 12.7. The van der Waals surface area contributed by atoms with Crippen LogP contribution in [0.5, 0.6) is 0 Å². The van der Waals surface area contributed by atoms with Crippen LogP contribution in [0, 0.1) is 0 Å². The number of primary amides is 1. The topological polar surface area (TPSA) is 92.6 Å². The summed E-state index contributed by atoms with van der Waals surface area (Å²) in [5.41, 5.74) is 10.6. The molecule has 13 heavy (non-hydrogen) atoms. The van der Waals surface area contributed by atoms with Crippen LogP contribution < -0.4 is 11.5 Å². The highest BCUT2D eigenvalue weighted by Crippen LogP contribution is 2.21. The van der Waals surface area contributed by atoms with Gasteiger partial charge in [-0.3, -0.25) is 9.69 Å². The number of likely N-dealkylation sites (tertiary alicyclic amines) is 1. The summed E-state index contributed by atoms with van der Waals surface area (Å²) in [7, 11) is 0. The lowest BCUT2D eigenvalue weighted by Crippen LogP contribution is -2.46. The van der Waals surface area contributed by atoms with Gasteiger partial charge in [-0.05, 0) is 6.42 Å². The molecule has 1 heterocycles. The van der Waals surface area contributed by atoms with Crippen molar-refractivity contribution in [3.8, 4) is 0 Å². The van der Waals surface area contributed by atoms with Crippen LogP contribution in [0.1, 0.15) is 12.8 Å². The third kappa shape index (κ3) is 2.95. The second kappa shape index (κ2) is 4.04. The largest absolute Gasteiger partial charge is 0.395 e. The number of nitrogens with two attached hydrogens (primary N) is 2. The Bertz CT molecular complexity index is 198. The van der Waals surface area contributed by atoms with E-state index >= 15 is 0 Å². The van der Waals surface area contributed by atoms with Gasteiger partial charge in [-0.1, -0.05) is 0 Å². The molecule has 0 radical (unpaired) electrons. The maximum Gasteiger partial charge on any atom is 0.219 e. The molecule has 1 atom stereocenters. The summed E-state index contributed by atoms with van der Waals surface area (Å²) in [6, 6.07) is 0. The van der Waals surface area contributed by atoms with E-state index in [1.165, 1.54) is 0 Å². The van der Waals surface area contributed by atoms with E-state index in [0.29, 0.717) is 13.1 Å². The molecule has 76 valence electrons. The molecule has 1 saturated heterocycles. The van der Waals surface area contributed by atoms with Crippen LogP contribution in [0.3, 0.4) is 0 Å². The Morgan fingerprint density at radius 1 is 1.62 bits per heavy atom. The van der Waals surface area contributed by atoms with Gasteiger partial charge >= 0.3 is 0 Å². The molecule has 0 aromatic rings. The summed E-state index contributed by atoms with van der Waals surface area (Å²) in [5.74, 6) is -0.353. The van der Waals surface area contributed by atoms with E-state index in [-0.39, 0.29) is 18.9 Å². The first-order valence-electron chi connectivity index (χ1n) is 4.46. The zero-order valence-electron chi connectivity index (χ0n) is 7.70. The number of carbonyl (C=O) groups is 1. The number of hydrogen-bond acceptors (Lipinski definition) is 4. The number of aliphatic hydroxyl groups excluding tert-OH is 1. The van der Waals surface area contributed by atoms with Crippen LogP contribution in [0.25, 0.3) is 0 Å². The minimum Gasteiger partial charge on any atom is -0.395 e. The normalized spacial score (nSPS) is 29.4. The lowest BCUT2D eigenvalue weighted by molar-refractivity contribution is -0.119. The average molecular weight is 187 g/mol. The molecule has 1 amide bonds. The molecule has 0 bridgehead atoms. The van der Waals surface area contributed by atoms with Crippen molar-refractivity contribution in [2.75, 3.05) is 26.2 Å². The molecule has 5 nitrogen and oxygen atoms in total. The highest BCUT2D eigenvalue weighted by Gasteiger charge is 2.35. The van der Waals surface area contributed by atoms with Gasteiger partial charge < -0.3 is 16.6 Å². The number of carbonyl (C=O) groups excluding carboxylic acids is 1. The van der Waals surface area contributed by atoms with Crippen LogP contribution in [-0.4, -0.2) is 47.7 Å². The molecule has 5 heteroatoms. The van der Waals surface area contributed by atoms with Crippen LogP contribution in [0.15, 0.2) is 0 Å². The van der Waals surface area contributed by atoms with Crippen molar-refractivity contribution >= 4 is 5.91 Å². The van der Waals surface area contributed by atoms with Gasteiger partial charge in [0.2, 0.25) is 5.91 Å². The van der Waals surface area contributed by atoms with Crippen molar-refractivity contribution in [2.24, 2.45) is 11.5 Å². The van der Waals surface area contributed by atoms with Crippen LogP contribution in [-0.2, 0) is 4.79 Å². The number of nitrogens with zero attached hydrogens (tertiary/aromatic N) is 1. The van der Waals surface area contributed by atoms with Crippen molar-refractivity contribution in [3.05, 3.63) is 0 Å². The average Bonchev–Trinajstić information content (AvgIpc) is 2.31. The number of hydrogen-bond donors (Lipinski definition) is 3. The van der Waals surface area contributed by atoms with E-state index in [2.05, 4.69) is 0 Å². The first-order valence-corrected chi connectivity index (χ1v) is 4.46. The fraction of sp³-hybridized carbons (Fsp3) is 0.875. The van der Waals surface area contributed by atoms with Gasteiger partial charge in [0.05, 0.1) is 6.61 Å². The molecular formula is C8H17N3O2. The maximum atomic E-state index is 10.7. The molecule has 1 rings (SSSR count). The molecule has 1 aliphatic rings. The summed E-state index contributed by atoms with van der Waals surface area (Å²) in [5, 5.41) is 8.70. The molecule has 0 aromatic heterocycles. The van der Waals surface area contributed by atoms with Crippen molar-refractivity contribution in [2.45, 2.75) is 18.4 Å². The lowest BCUT2D eigenvalue weighted by Gasteiger charge is -2.22. The van der Waals surface area contributed by atoms with E-state index in [4.69, 9.17) is 16.6 Å². The lowest BCUT2D eigenvalue weighted by atomic mass is 9.95. The fourth-order valence-electron chi connectivity index (χ4n) is 1.81.